The Kier molecular flexibility index (Phi) is 5.93. The number of ketones is 1. The van der Waals surface area contributed by atoms with Crippen LogP contribution in [0.3, 0.4) is 0 Å². The summed E-state index contributed by atoms with van der Waals surface area (Å²) in [7, 11) is 3.88. The third-order valence-corrected chi connectivity index (χ3v) is 1.81. The van der Waals surface area contributed by atoms with Crippen LogP contribution in [0, 0.1) is 5.92 Å². The van der Waals surface area contributed by atoms with E-state index < -0.39 is 0 Å². The summed E-state index contributed by atoms with van der Waals surface area (Å²) in [6, 6.07) is 0. The third kappa shape index (κ3) is 5.27. The van der Waals surface area contributed by atoms with Crippen LogP contribution < -0.4 is 5.32 Å². The number of rotatable bonds is 6. The summed E-state index contributed by atoms with van der Waals surface area (Å²) < 4.78 is 0. The maximum absolute atomic E-state index is 11.3. The van der Waals surface area contributed by atoms with Crippen LogP contribution in [-0.4, -0.2) is 44.4 Å². The standard InChI is InChI=1S/C9H20N2O/c1-8(2)9(12)7-11(4)6-5-10-3/h8,10H,5-7H2,1-4H3. The molecule has 0 aliphatic rings. The molecule has 0 heterocycles. The van der Waals surface area contributed by atoms with Crippen LogP contribution >= 0.6 is 0 Å². The second-order valence-electron chi connectivity index (χ2n) is 3.46. The number of Topliss-reactive ketones (excluding diaryl/α,β-unsaturated/α-hetero) is 1. The maximum Gasteiger partial charge on any atom is 0.149 e. The lowest BCUT2D eigenvalue weighted by molar-refractivity contribution is -0.122. The Morgan fingerprint density at radius 1 is 1.50 bits per heavy atom. The van der Waals surface area contributed by atoms with E-state index >= 15 is 0 Å². The van der Waals surface area contributed by atoms with Crippen LogP contribution in [0.15, 0.2) is 0 Å². The van der Waals surface area contributed by atoms with Crippen molar-refractivity contribution in [3.05, 3.63) is 0 Å². The summed E-state index contributed by atoms with van der Waals surface area (Å²) in [6.07, 6.45) is 0. The third-order valence-electron chi connectivity index (χ3n) is 1.81. The van der Waals surface area contributed by atoms with E-state index in [4.69, 9.17) is 0 Å². The summed E-state index contributed by atoms with van der Waals surface area (Å²) in [5.41, 5.74) is 0. The Morgan fingerprint density at radius 3 is 2.50 bits per heavy atom. The molecule has 3 nitrogen and oxygen atoms in total. The van der Waals surface area contributed by atoms with Crippen LogP contribution in [0.1, 0.15) is 13.8 Å². The average molecular weight is 172 g/mol. The molecule has 0 unspecified atom stereocenters. The van der Waals surface area contributed by atoms with Gasteiger partial charge < -0.3 is 5.32 Å². The second-order valence-corrected chi connectivity index (χ2v) is 3.46. The fourth-order valence-corrected chi connectivity index (χ4v) is 0.830. The van der Waals surface area contributed by atoms with Crippen molar-refractivity contribution in [1.29, 1.82) is 0 Å². The Bertz CT molecular complexity index is 134. The normalized spacial score (nSPS) is 11.2. The highest BCUT2D eigenvalue weighted by Gasteiger charge is 2.09. The van der Waals surface area contributed by atoms with Crippen LogP contribution in [0.5, 0.6) is 0 Å². The predicted molar refractivity (Wildman–Crippen MR) is 51.3 cm³/mol. The first-order chi connectivity index (χ1) is 5.57. The molecule has 0 aromatic carbocycles. The van der Waals surface area contributed by atoms with Crippen molar-refractivity contribution in [2.24, 2.45) is 5.92 Å². The van der Waals surface area contributed by atoms with Gasteiger partial charge in [0.2, 0.25) is 0 Å². The molecular weight excluding hydrogens is 152 g/mol. The van der Waals surface area contributed by atoms with E-state index in [0.29, 0.717) is 12.3 Å². The summed E-state index contributed by atoms with van der Waals surface area (Å²) in [5.74, 6) is 0.468. The first-order valence-electron chi connectivity index (χ1n) is 4.43. The minimum atomic E-state index is 0.155. The topological polar surface area (TPSA) is 32.3 Å². The SMILES string of the molecule is CNCCN(C)CC(=O)C(C)C. The Hall–Kier alpha value is -0.410. The molecular formula is C9H20N2O. The van der Waals surface area contributed by atoms with Gasteiger partial charge in [0.15, 0.2) is 0 Å². The largest absolute Gasteiger partial charge is 0.318 e. The lowest BCUT2D eigenvalue weighted by Gasteiger charge is -2.16. The molecule has 12 heavy (non-hydrogen) atoms. The molecule has 0 aromatic rings. The van der Waals surface area contributed by atoms with Crippen LogP contribution in [0.4, 0.5) is 0 Å². The number of likely N-dealkylation sites (N-methyl/N-ethyl adjacent to an activating group) is 2. The van der Waals surface area contributed by atoms with E-state index in [-0.39, 0.29) is 5.92 Å². The zero-order valence-corrected chi connectivity index (χ0v) is 8.55. The molecule has 0 saturated heterocycles. The van der Waals surface area contributed by atoms with E-state index in [1.165, 1.54) is 0 Å². The second kappa shape index (κ2) is 6.14. The highest BCUT2D eigenvalue weighted by Crippen LogP contribution is 1.95. The monoisotopic (exact) mass is 172 g/mol. The molecule has 0 radical (unpaired) electrons. The van der Waals surface area contributed by atoms with Gasteiger partial charge in [-0.05, 0) is 14.1 Å². The van der Waals surface area contributed by atoms with Gasteiger partial charge in [-0.1, -0.05) is 13.8 Å². The smallest absolute Gasteiger partial charge is 0.149 e. The summed E-state index contributed by atoms with van der Waals surface area (Å²) >= 11 is 0. The van der Waals surface area contributed by atoms with Gasteiger partial charge >= 0.3 is 0 Å². The molecule has 72 valence electrons. The average Bonchev–Trinajstić information content (AvgIpc) is 2.00. The van der Waals surface area contributed by atoms with E-state index in [0.717, 1.165) is 13.1 Å². The fourth-order valence-electron chi connectivity index (χ4n) is 0.830. The number of hydrogen-bond donors (Lipinski definition) is 1. The Balaban J connectivity index is 3.54. The van der Waals surface area contributed by atoms with Crippen molar-refractivity contribution in [3.63, 3.8) is 0 Å². The number of nitrogens with zero attached hydrogens (tertiary/aromatic N) is 1. The van der Waals surface area contributed by atoms with Gasteiger partial charge in [0.05, 0.1) is 6.54 Å². The number of carbonyl (C=O) groups excluding carboxylic acids is 1. The van der Waals surface area contributed by atoms with Crippen molar-refractivity contribution >= 4 is 5.78 Å². The van der Waals surface area contributed by atoms with E-state index in [9.17, 15) is 4.79 Å². The zero-order chi connectivity index (χ0) is 9.56. The van der Waals surface area contributed by atoms with Gasteiger partial charge in [-0.15, -0.1) is 0 Å². The number of nitrogens with one attached hydrogen (secondary N) is 1. The predicted octanol–water partition coefficient (Wildman–Crippen LogP) is 0.363. The van der Waals surface area contributed by atoms with Gasteiger partial charge in [-0.3, -0.25) is 9.69 Å². The lowest BCUT2D eigenvalue weighted by Crippen LogP contribution is -2.33. The van der Waals surface area contributed by atoms with E-state index in [1.54, 1.807) is 0 Å². The number of hydrogen-bond acceptors (Lipinski definition) is 3. The van der Waals surface area contributed by atoms with Crippen LogP contribution in [-0.2, 0) is 4.79 Å². The molecule has 0 aliphatic carbocycles. The quantitative estimate of drug-likeness (QED) is 0.628. The molecule has 1 N–H and O–H groups in total. The minimum absolute atomic E-state index is 0.155. The fraction of sp³-hybridized carbons (Fsp3) is 0.889. The number of carbonyl (C=O) groups is 1. The van der Waals surface area contributed by atoms with E-state index in [1.807, 2.05) is 32.8 Å². The first kappa shape index (κ1) is 11.6. The summed E-state index contributed by atoms with van der Waals surface area (Å²) in [5, 5.41) is 3.05. The zero-order valence-electron chi connectivity index (χ0n) is 8.55. The van der Waals surface area contributed by atoms with Gasteiger partial charge in [0.25, 0.3) is 0 Å². The Morgan fingerprint density at radius 2 is 2.08 bits per heavy atom. The maximum atomic E-state index is 11.3. The van der Waals surface area contributed by atoms with Gasteiger partial charge in [0, 0.05) is 19.0 Å². The molecule has 3 heteroatoms. The van der Waals surface area contributed by atoms with Crippen molar-refractivity contribution < 1.29 is 4.79 Å². The highest BCUT2D eigenvalue weighted by molar-refractivity contribution is 5.82. The molecule has 0 amide bonds. The molecule has 0 rings (SSSR count). The van der Waals surface area contributed by atoms with E-state index in [2.05, 4.69) is 5.32 Å². The lowest BCUT2D eigenvalue weighted by atomic mass is 10.1. The van der Waals surface area contributed by atoms with Gasteiger partial charge in [-0.2, -0.15) is 0 Å². The van der Waals surface area contributed by atoms with Crippen molar-refractivity contribution in [2.45, 2.75) is 13.8 Å². The molecule has 0 fully saturated rings. The van der Waals surface area contributed by atoms with Crippen molar-refractivity contribution in [2.75, 3.05) is 33.7 Å². The summed E-state index contributed by atoms with van der Waals surface area (Å²) in [6.45, 7) is 6.30. The van der Waals surface area contributed by atoms with Crippen molar-refractivity contribution in [1.82, 2.24) is 10.2 Å². The molecule has 0 atom stereocenters. The van der Waals surface area contributed by atoms with Gasteiger partial charge in [0.1, 0.15) is 5.78 Å². The summed E-state index contributed by atoms with van der Waals surface area (Å²) in [4.78, 5) is 13.3. The Labute approximate surface area is 75.1 Å². The molecule has 0 spiro atoms. The minimum Gasteiger partial charge on any atom is -0.318 e. The van der Waals surface area contributed by atoms with Gasteiger partial charge in [-0.25, -0.2) is 0 Å². The first-order valence-corrected chi connectivity index (χ1v) is 4.43. The molecule has 0 bridgehead atoms. The van der Waals surface area contributed by atoms with Crippen molar-refractivity contribution in [3.8, 4) is 0 Å². The molecule has 0 aliphatic heterocycles. The highest BCUT2D eigenvalue weighted by atomic mass is 16.1. The molecule has 0 saturated carbocycles. The van der Waals surface area contributed by atoms with Crippen LogP contribution in [0.25, 0.3) is 0 Å². The molecule has 0 aromatic heterocycles. The van der Waals surface area contributed by atoms with Crippen LogP contribution in [0.2, 0.25) is 0 Å².